The van der Waals surface area contributed by atoms with Gasteiger partial charge in [0.2, 0.25) is 0 Å². The van der Waals surface area contributed by atoms with Crippen molar-refractivity contribution in [1.82, 2.24) is 0 Å². The number of alkyl halides is 2. The molecule has 1 fully saturated rings. The van der Waals surface area contributed by atoms with Crippen molar-refractivity contribution in [3.05, 3.63) is 70.0 Å². The predicted octanol–water partition coefficient (Wildman–Crippen LogP) is 6.48. The summed E-state index contributed by atoms with van der Waals surface area (Å²) in [6, 6.07) is 3.61. The van der Waals surface area contributed by atoms with E-state index in [-0.39, 0.29) is 42.7 Å². The van der Waals surface area contributed by atoms with Gasteiger partial charge in [-0.25, -0.2) is 22.0 Å². The summed E-state index contributed by atoms with van der Waals surface area (Å²) in [5.74, 6) is -7.53. The Morgan fingerprint density at radius 1 is 0.821 bits per heavy atom. The molecule has 0 radical (unpaired) electrons. The zero-order chi connectivity index (χ0) is 20.6. The molecule has 8 heteroatoms. The average molecular weight is 406 g/mol. The molecule has 1 aliphatic carbocycles. The first-order valence-electron chi connectivity index (χ1n) is 8.75. The summed E-state index contributed by atoms with van der Waals surface area (Å²) in [5, 5.41) is 0. The van der Waals surface area contributed by atoms with Crippen LogP contribution in [0, 0.1) is 36.0 Å². The molecule has 0 atom stereocenters. The summed E-state index contributed by atoms with van der Waals surface area (Å²) >= 11 is 0. The van der Waals surface area contributed by atoms with E-state index in [1.165, 1.54) is 6.92 Å². The van der Waals surface area contributed by atoms with Crippen molar-refractivity contribution in [1.29, 1.82) is 0 Å². The maximum absolute atomic E-state index is 14.3. The van der Waals surface area contributed by atoms with Gasteiger partial charge in [0.15, 0.2) is 29.1 Å². The van der Waals surface area contributed by atoms with Crippen molar-refractivity contribution in [3.63, 3.8) is 0 Å². The molecule has 0 amide bonds. The average Bonchev–Trinajstić information content (AvgIpc) is 2.64. The molecule has 0 spiro atoms. The van der Waals surface area contributed by atoms with Crippen LogP contribution >= 0.6 is 0 Å². The second kappa shape index (κ2) is 7.73. The van der Waals surface area contributed by atoms with Crippen molar-refractivity contribution < 1.29 is 35.5 Å². The molecular formula is C20H17F7O. The maximum atomic E-state index is 14.3. The molecule has 152 valence electrons. The maximum Gasteiger partial charge on any atom is 0.386 e. The molecule has 0 unspecified atom stereocenters. The van der Waals surface area contributed by atoms with Crippen LogP contribution in [0.1, 0.15) is 48.3 Å². The number of hydrogen-bond acceptors (Lipinski definition) is 1. The Hall–Kier alpha value is -2.09. The van der Waals surface area contributed by atoms with E-state index >= 15 is 0 Å². The molecule has 0 N–H and O–H groups in total. The number of rotatable bonds is 4. The Kier molecular flexibility index (Phi) is 5.70. The first-order chi connectivity index (χ1) is 13.1. The Morgan fingerprint density at radius 2 is 1.39 bits per heavy atom. The molecule has 0 aromatic heterocycles. The van der Waals surface area contributed by atoms with Crippen molar-refractivity contribution >= 4 is 0 Å². The van der Waals surface area contributed by atoms with E-state index in [0.29, 0.717) is 0 Å². The van der Waals surface area contributed by atoms with Gasteiger partial charge in [-0.3, -0.25) is 0 Å². The standard InChI is InChI=1S/C20H17F7O/c1-10-2-7-14(18(24)17(10)23)20(26,27)28-13-5-3-11(4-6-13)12-8-15(21)19(25)16(22)9-12/h2,7-9,11,13H,3-6H2,1H3. The third-order valence-electron chi connectivity index (χ3n) is 5.06. The topological polar surface area (TPSA) is 9.23 Å². The Morgan fingerprint density at radius 3 is 1.96 bits per heavy atom. The van der Waals surface area contributed by atoms with Gasteiger partial charge < -0.3 is 4.74 Å². The van der Waals surface area contributed by atoms with Gasteiger partial charge in [-0.1, -0.05) is 6.07 Å². The Balaban J connectivity index is 1.68. The Labute approximate surface area is 157 Å². The van der Waals surface area contributed by atoms with Crippen molar-refractivity contribution in [2.45, 2.75) is 50.7 Å². The Bertz CT molecular complexity index is 850. The fourth-order valence-corrected chi connectivity index (χ4v) is 3.47. The summed E-state index contributed by atoms with van der Waals surface area (Å²) < 4.78 is 101. The first kappa shape index (κ1) is 20.6. The van der Waals surface area contributed by atoms with E-state index in [1.807, 2.05) is 0 Å². The molecule has 2 aromatic rings. The number of hydrogen-bond donors (Lipinski definition) is 0. The highest BCUT2D eigenvalue weighted by molar-refractivity contribution is 5.28. The van der Waals surface area contributed by atoms with Crippen molar-refractivity contribution in [2.24, 2.45) is 0 Å². The minimum absolute atomic E-state index is 0.101. The quantitative estimate of drug-likeness (QED) is 0.417. The van der Waals surface area contributed by atoms with Crippen LogP contribution in [0.25, 0.3) is 0 Å². The van der Waals surface area contributed by atoms with E-state index in [9.17, 15) is 30.7 Å². The van der Waals surface area contributed by atoms with Gasteiger partial charge in [-0.2, -0.15) is 8.78 Å². The summed E-state index contributed by atoms with van der Waals surface area (Å²) in [4.78, 5) is 0. The summed E-state index contributed by atoms with van der Waals surface area (Å²) in [6.07, 6.45) is -4.17. The fourth-order valence-electron chi connectivity index (χ4n) is 3.47. The fraction of sp³-hybridized carbons (Fsp3) is 0.400. The molecular weight excluding hydrogens is 389 g/mol. The van der Waals surface area contributed by atoms with Gasteiger partial charge in [0.05, 0.1) is 11.7 Å². The van der Waals surface area contributed by atoms with Crippen LogP contribution in [0.2, 0.25) is 0 Å². The largest absolute Gasteiger partial charge is 0.386 e. The van der Waals surface area contributed by atoms with Crippen molar-refractivity contribution in [2.75, 3.05) is 0 Å². The molecule has 28 heavy (non-hydrogen) atoms. The van der Waals surface area contributed by atoms with E-state index in [0.717, 1.165) is 24.3 Å². The van der Waals surface area contributed by atoms with Crippen LogP contribution in [-0.4, -0.2) is 6.10 Å². The number of aryl methyl sites for hydroxylation is 1. The van der Waals surface area contributed by atoms with Gasteiger partial charge in [-0.05, 0) is 67.9 Å². The lowest BCUT2D eigenvalue weighted by Crippen LogP contribution is -2.30. The zero-order valence-corrected chi connectivity index (χ0v) is 14.8. The van der Waals surface area contributed by atoms with Crippen LogP contribution in [-0.2, 0) is 10.8 Å². The highest BCUT2D eigenvalue weighted by Crippen LogP contribution is 2.40. The molecule has 0 heterocycles. The molecule has 0 bridgehead atoms. The van der Waals surface area contributed by atoms with Gasteiger partial charge in [0.1, 0.15) is 0 Å². The van der Waals surface area contributed by atoms with E-state index < -0.39 is 46.9 Å². The van der Waals surface area contributed by atoms with Crippen LogP contribution in [0.5, 0.6) is 0 Å². The first-order valence-corrected chi connectivity index (χ1v) is 8.75. The second-order valence-corrected chi connectivity index (χ2v) is 6.96. The lowest BCUT2D eigenvalue weighted by Gasteiger charge is -2.31. The lowest BCUT2D eigenvalue weighted by atomic mass is 9.82. The van der Waals surface area contributed by atoms with Crippen LogP contribution in [0.15, 0.2) is 24.3 Å². The van der Waals surface area contributed by atoms with Gasteiger partial charge in [0, 0.05) is 0 Å². The SMILES string of the molecule is Cc1ccc(C(F)(F)OC2CCC(c3cc(F)c(F)c(F)c3)CC2)c(F)c1F. The minimum atomic E-state index is -4.02. The third-order valence-corrected chi connectivity index (χ3v) is 5.06. The van der Waals surface area contributed by atoms with E-state index in [1.54, 1.807) is 0 Å². The van der Waals surface area contributed by atoms with Gasteiger partial charge in [-0.15, -0.1) is 0 Å². The summed E-state index contributed by atoms with van der Waals surface area (Å²) in [6.45, 7) is 1.25. The van der Waals surface area contributed by atoms with Crippen LogP contribution in [0.3, 0.4) is 0 Å². The number of ether oxygens (including phenoxy) is 1. The zero-order valence-electron chi connectivity index (χ0n) is 14.8. The minimum Gasteiger partial charge on any atom is -0.313 e. The predicted molar refractivity (Wildman–Crippen MR) is 87.4 cm³/mol. The van der Waals surface area contributed by atoms with Crippen molar-refractivity contribution in [3.8, 4) is 0 Å². The van der Waals surface area contributed by atoms with Crippen LogP contribution < -0.4 is 0 Å². The molecule has 2 aromatic carbocycles. The smallest absolute Gasteiger partial charge is 0.313 e. The molecule has 1 saturated carbocycles. The number of halogens is 7. The molecule has 0 saturated heterocycles. The monoisotopic (exact) mass is 406 g/mol. The lowest BCUT2D eigenvalue weighted by molar-refractivity contribution is -0.278. The van der Waals surface area contributed by atoms with Crippen LogP contribution in [0.4, 0.5) is 30.7 Å². The van der Waals surface area contributed by atoms with Gasteiger partial charge >= 0.3 is 6.11 Å². The molecule has 1 nitrogen and oxygen atoms in total. The molecule has 1 aliphatic rings. The van der Waals surface area contributed by atoms with E-state index in [2.05, 4.69) is 0 Å². The normalized spacial score (nSPS) is 20.4. The number of benzene rings is 2. The molecule has 3 rings (SSSR count). The highest BCUT2D eigenvalue weighted by atomic mass is 19.3. The summed E-state index contributed by atoms with van der Waals surface area (Å²) in [7, 11) is 0. The van der Waals surface area contributed by atoms with Gasteiger partial charge in [0.25, 0.3) is 0 Å². The third kappa shape index (κ3) is 4.01. The highest BCUT2D eigenvalue weighted by Gasteiger charge is 2.41. The second-order valence-electron chi connectivity index (χ2n) is 6.96. The molecule has 0 aliphatic heterocycles. The van der Waals surface area contributed by atoms with E-state index in [4.69, 9.17) is 4.74 Å². The summed E-state index contributed by atoms with van der Waals surface area (Å²) in [5.41, 5.74) is -1.04.